The van der Waals surface area contributed by atoms with Gasteiger partial charge in [-0.15, -0.1) is 0 Å². The lowest BCUT2D eigenvalue weighted by molar-refractivity contribution is 0.196. The highest BCUT2D eigenvalue weighted by Gasteiger charge is 2.28. The molecule has 0 fully saturated rings. The van der Waals surface area contributed by atoms with Crippen LogP contribution in [0.2, 0.25) is 0 Å². The van der Waals surface area contributed by atoms with Crippen LogP contribution in [0.3, 0.4) is 0 Å². The lowest BCUT2D eigenvalue weighted by atomic mass is 9.95. The summed E-state index contributed by atoms with van der Waals surface area (Å²) in [5.41, 5.74) is 0.924. The van der Waals surface area contributed by atoms with Gasteiger partial charge in [0.2, 0.25) is 0 Å². The van der Waals surface area contributed by atoms with Crippen molar-refractivity contribution in [1.82, 2.24) is 9.03 Å². The topological polar surface area (TPSA) is 53.8 Å². The highest BCUT2D eigenvalue weighted by molar-refractivity contribution is 7.87. The van der Waals surface area contributed by atoms with Crippen molar-refractivity contribution >= 4 is 15.9 Å². The molecular formula is C18H20FN3O2S. The summed E-state index contributed by atoms with van der Waals surface area (Å²) >= 11 is 0. The first-order valence-electron chi connectivity index (χ1n) is 7.60. The second kappa shape index (κ2) is 7.31. The predicted octanol–water partition coefficient (Wildman–Crippen LogP) is 3.49. The molecule has 0 heterocycles. The van der Waals surface area contributed by atoms with Gasteiger partial charge in [-0.2, -0.15) is 17.4 Å². The zero-order valence-corrected chi connectivity index (χ0v) is 15.1. The van der Waals surface area contributed by atoms with Crippen LogP contribution in [-0.4, -0.2) is 33.4 Å². The standard InChI is InChI=1S/C18H20FN3O2S/c1-18(19,13-21-25(23,24)22(3)4)16-9-5-14(6-10-16)15-7-11-17(20-2)12-8-15/h5-12,21H,13H2,1,3-4H3. The Bertz CT molecular complexity index is 868. The van der Waals surface area contributed by atoms with E-state index in [0.717, 1.165) is 15.4 Å². The van der Waals surface area contributed by atoms with E-state index in [4.69, 9.17) is 6.57 Å². The zero-order valence-electron chi connectivity index (χ0n) is 14.3. The van der Waals surface area contributed by atoms with Crippen molar-refractivity contribution in [1.29, 1.82) is 0 Å². The summed E-state index contributed by atoms with van der Waals surface area (Å²) in [5, 5.41) is 0. The number of hydrogen-bond donors (Lipinski definition) is 1. The maximum atomic E-state index is 14.9. The number of benzene rings is 2. The Hall–Kier alpha value is -2.27. The fraction of sp³-hybridized carbons (Fsp3) is 0.278. The minimum Gasteiger partial charge on any atom is -0.238 e. The maximum absolute atomic E-state index is 14.9. The molecule has 0 aliphatic rings. The van der Waals surface area contributed by atoms with Gasteiger partial charge in [0, 0.05) is 20.6 Å². The second-order valence-electron chi connectivity index (χ2n) is 6.04. The molecule has 0 aliphatic heterocycles. The molecule has 0 aromatic heterocycles. The highest BCUT2D eigenvalue weighted by atomic mass is 32.2. The Morgan fingerprint density at radius 2 is 1.56 bits per heavy atom. The third-order valence-corrected chi connectivity index (χ3v) is 5.35. The van der Waals surface area contributed by atoms with Gasteiger partial charge in [0.15, 0.2) is 5.69 Å². The molecule has 1 N–H and O–H groups in total. The summed E-state index contributed by atoms with van der Waals surface area (Å²) in [7, 11) is -0.916. The molecule has 0 spiro atoms. The van der Waals surface area contributed by atoms with Gasteiger partial charge in [-0.05, 0) is 23.6 Å². The van der Waals surface area contributed by atoms with Gasteiger partial charge in [0.25, 0.3) is 10.2 Å². The molecule has 0 saturated carbocycles. The molecule has 0 bridgehead atoms. The van der Waals surface area contributed by atoms with Gasteiger partial charge in [-0.1, -0.05) is 48.5 Å². The van der Waals surface area contributed by atoms with Gasteiger partial charge in [0.05, 0.1) is 6.57 Å². The molecule has 0 aliphatic carbocycles. The van der Waals surface area contributed by atoms with Crippen molar-refractivity contribution in [2.75, 3.05) is 20.6 Å². The normalized spacial score (nSPS) is 14.1. The smallest absolute Gasteiger partial charge is 0.238 e. The van der Waals surface area contributed by atoms with Crippen LogP contribution in [-0.2, 0) is 15.9 Å². The zero-order chi connectivity index (χ0) is 18.7. The Morgan fingerprint density at radius 1 is 1.08 bits per heavy atom. The molecule has 0 radical (unpaired) electrons. The molecule has 7 heteroatoms. The SMILES string of the molecule is [C-]#[N+]c1ccc(-c2ccc(C(C)(F)CNS(=O)(=O)N(C)C)cc2)cc1. The number of rotatable bonds is 6. The first-order valence-corrected chi connectivity index (χ1v) is 9.04. The van der Waals surface area contributed by atoms with E-state index in [9.17, 15) is 12.8 Å². The van der Waals surface area contributed by atoms with E-state index in [2.05, 4.69) is 9.57 Å². The van der Waals surface area contributed by atoms with E-state index in [0.29, 0.717) is 11.3 Å². The fourth-order valence-corrected chi connectivity index (χ4v) is 2.91. The average Bonchev–Trinajstić information content (AvgIpc) is 2.60. The van der Waals surface area contributed by atoms with Gasteiger partial charge >= 0.3 is 0 Å². The van der Waals surface area contributed by atoms with E-state index >= 15 is 0 Å². The summed E-state index contributed by atoms with van der Waals surface area (Å²) in [6.45, 7) is 7.94. The van der Waals surface area contributed by atoms with E-state index < -0.39 is 15.9 Å². The summed E-state index contributed by atoms with van der Waals surface area (Å²) in [5.74, 6) is 0. The fourth-order valence-electron chi connectivity index (χ4n) is 2.20. The predicted molar refractivity (Wildman–Crippen MR) is 97.2 cm³/mol. The van der Waals surface area contributed by atoms with Crippen molar-refractivity contribution < 1.29 is 12.8 Å². The van der Waals surface area contributed by atoms with Gasteiger partial charge < -0.3 is 0 Å². The number of nitrogens with zero attached hydrogens (tertiary/aromatic N) is 2. The molecule has 0 saturated heterocycles. The van der Waals surface area contributed by atoms with Gasteiger partial charge in [-0.3, -0.25) is 0 Å². The molecular weight excluding hydrogens is 341 g/mol. The summed E-state index contributed by atoms with van der Waals surface area (Å²) in [6.07, 6.45) is 0. The molecule has 2 rings (SSSR count). The minimum atomic E-state index is -3.68. The number of nitrogens with one attached hydrogen (secondary N) is 1. The average molecular weight is 361 g/mol. The van der Waals surface area contributed by atoms with Crippen LogP contribution in [0.5, 0.6) is 0 Å². The minimum absolute atomic E-state index is 0.355. The molecule has 132 valence electrons. The molecule has 2 aromatic rings. The third-order valence-electron chi connectivity index (χ3n) is 3.88. The van der Waals surface area contributed by atoms with E-state index in [1.165, 1.54) is 21.0 Å². The summed E-state index contributed by atoms with van der Waals surface area (Å²) in [6, 6.07) is 14.0. The van der Waals surface area contributed by atoms with Crippen LogP contribution in [0.1, 0.15) is 12.5 Å². The molecule has 25 heavy (non-hydrogen) atoms. The first-order chi connectivity index (χ1) is 11.7. The van der Waals surface area contributed by atoms with Crippen LogP contribution in [0.4, 0.5) is 10.1 Å². The lowest BCUT2D eigenvalue weighted by Gasteiger charge is -2.23. The maximum Gasteiger partial charge on any atom is 0.279 e. The number of alkyl halides is 1. The molecule has 5 nitrogen and oxygen atoms in total. The molecule has 0 amide bonds. The van der Waals surface area contributed by atoms with Crippen LogP contribution in [0.15, 0.2) is 48.5 Å². The molecule has 1 atom stereocenters. The second-order valence-corrected chi connectivity index (χ2v) is 8.01. The number of halogens is 1. The monoisotopic (exact) mass is 361 g/mol. The Kier molecular flexibility index (Phi) is 5.58. The van der Waals surface area contributed by atoms with Crippen molar-refractivity contribution in [2.24, 2.45) is 0 Å². The Labute approximate surface area is 148 Å². The van der Waals surface area contributed by atoms with Crippen molar-refractivity contribution in [2.45, 2.75) is 12.6 Å². The van der Waals surface area contributed by atoms with Crippen LogP contribution < -0.4 is 4.72 Å². The first kappa shape index (κ1) is 19.1. The highest BCUT2D eigenvalue weighted by Crippen LogP contribution is 2.28. The largest absolute Gasteiger partial charge is 0.279 e. The summed E-state index contributed by atoms with van der Waals surface area (Å²) < 4.78 is 41.6. The van der Waals surface area contributed by atoms with Crippen molar-refractivity contribution in [3.05, 3.63) is 65.5 Å². The van der Waals surface area contributed by atoms with E-state index in [1.54, 1.807) is 36.4 Å². The Balaban J connectivity index is 2.16. The third kappa shape index (κ3) is 4.63. The van der Waals surface area contributed by atoms with Crippen LogP contribution in [0, 0.1) is 6.57 Å². The van der Waals surface area contributed by atoms with E-state index in [1.807, 2.05) is 12.1 Å². The van der Waals surface area contributed by atoms with Crippen LogP contribution >= 0.6 is 0 Å². The van der Waals surface area contributed by atoms with Crippen LogP contribution in [0.25, 0.3) is 16.0 Å². The molecule has 2 aromatic carbocycles. The van der Waals surface area contributed by atoms with Gasteiger partial charge in [-0.25, -0.2) is 9.24 Å². The van der Waals surface area contributed by atoms with Gasteiger partial charge in [0.1, 0.15) is 5.67 Å². The summed E-state index contributed by atoms with van der Waals surface area (Å²) in [4.78, 5) is 3.35. The Morgan fingerprint density at radius 3 is 2.00 bits per heavy atom. The van der Waals surface area contributed by atoms with Crippen molar-refractivity contribution in [3.8, 4) is 11.1 Å². The van der Waals surface area contributed by atoms with E-state index in [-0.39, 0.29) is 6.54 Å². The molecule has 1 unspecified atom stereocenters. The quantitative estimate of drug-likeness (QED) is 0.801. The van der Waals surface area contributed by atoms with Crippen molar-refractivity contribution in [3.63, 3.8) is 0 Å². The number of hydrogen-bond acceptors (Lipinski definition) is 2. The lowest BCUT2D eigenvalue weighted by Crippen LogP contribution is -2.41.